The molecule has 0 aromatic heterocycles. The van der Waals surface area contributed by atoms with Crippen molar-refractivity contribution in [2.45, 2.75) is 95.8 Å². The van der Waals surface area contributed by atoms with Crippen LogP contribution in [-0.4, -0.2) is 58.3 Å². The van der Waals surface area contributed by atoms with Crippen molar-refractivity contribution in [2.24, 2.45) is 5.73 Å². The van der Waals surface area contributed by atoms with Crippen LogP contribution in [-0.2, 0) is 18.9 Å². The predicted octanol–water partition coefficient (Wildman–Crippen LogP) is 2.04. The average molecular weight is 368 g/mol. The summed E-state index contributed by atoms with van der Waals surface area (Å²) in [4.78, 5) is 25.5. The second kappa shape index (κ2) is 7.48. The van der Waals surface area contributed by atoms with Crippen molar-refractivity contribution in [3.05, 3.63) is 0 Å². The third-order valence-electron chi connectivity index (χ3n) is 6.20. The number of hydrogen-bond acceptors (Lipinski definition) is 5. The molecule has 0 aliphatic carbocycles. The van der Waals surface area contributed by atoms with Gasteiger partial charge in [0.1, 0.15) is 5.54 Å². The molecule has 0 aromatic carbocycles. The summed E-state index contributed by atoms with van der Waals surface area (Å²) < 4.78 is 12.0. The number of likely N-dealkylation sites (tertiary alicyclic amines) is 1. The Labute approximate surface area is 156 Å². The van der Waals surface area contributed by atoms with Crippen molar-refractivity contribution < 1.29 is 24.0 Å². The van der Waals surface area contributed by atoms with Crippen molar-refractivity contribution in [3.8, 4) is 0 Å². The van der Waals surface area contributed by atoms with Gasteiger partial charge < -0.3 is 25.0 Å². The molecule has 2 saturated heterocycles. The lowest BCUT2D eigenvalue weighted by atomic mass is 9.77. The van der Waals surface area contributed by atoms with Crippen molar-refractivity contribution >= 4 is 19.0 Å². The summed E-state index contributed by atoms with van der Waals surface area (Å²) in [6.07, 6.45) is 3.49. The summed E-state index contributed by atoms with van der Waals surface area (Å²) in [5.41, 5.74) is 4.12. The third-order valence-corrected chi connectivity index (χ3v) is 6.20. The fraction of sp³-hybridized carbons (Fsp3) is 0.889. The molecule has 2 fully saturated rings. The highest BCUT2D eigenvalue weighted by Crippen LogP contribution is 2.39. The smallest absolute Gasteiger partial charge is 0.457 e. The van der Waals surface area contributed by atoms with Crippen LogP contribution in [0.1, 0.15) is 66.7 Å². The van der Waals surface area contributed by atoms with Gasteiger partial charge in [0, 0.05) is 19.5 Å². The molecule has 3 N–H and O–H groups in total. The van der Waals surface area contributed by atoms with Gasteiger partial charge in [0.15, 0.2) is 0 Å². The number of carboxylic acids is 1. The van der Waals surface area contributed by atoms with Crippen LogP contribution in [0.3, 0.4) is 0 Å². The second-order valence-electron chi connectivity index (χ2n) is 8.69. The monoisotopic (exact) mass is 368 g/mol. The van der Waals surface area contributed by atoms with E-state index in [-0.39, 0.29) is 30.3 Å². The lowest BCUT2D eigenvalue weighted by molar-refractivity contribution is -0.163. The molecular formula is C18H33BN2O5. The molecule has 2 rings (SSSR count). The van der Waals surface area contributed by atoms with Crippen LogP contribution in [0.2, 0.25) is 6.32 Å². The van der Waals surface area contributed by atoms with Crippen LogP contribution in [0, 0.1) is 0 Å². The van der Waals surface area contributed by atoms with Gasteiger partial charge in [-0.25, -0.2) is 4.79 Å². The van der Waals surface area contributed by atoms with E-state index in [0.29, 0.717) is 38.5 Å². The first-order valence-corrected chi connectivity index (χ1v) is 9.54. The minimum atomic E-state index is -1.20. The average Bonchev–Trinajstić information content (AvgIpc) is 2.70. The molecule has 0 unspecified atom stereocenters. The Morgan fingerprint density at radius 2 is 1.77 bits per heavy atom. The molecule has 26 heavy (non-hydrogen) atoms. The van der Waals surface area contributed by atoms with E-state index in [1.165, 1.54) is 11.8 Å². The highest BCUT2D eigenvalue weighted by molar-refractivity contribution is 6.45. The van der Waals surface area contributed by atoms with Crippen molar-refractivity contribution in [1.29, 1.82) is 0 Å². The molecule has 0 saturated carbocycles. The number of amides is 1. The summed E-state index contributed by atoms with van der Waals surface area (Å²) in [6, 6.07) is -0.190. The first-order valence-electron chi connectivity index (χ1n) is 9.54. The molecule has 0 spiro atoms. The summed E-state index contributed by atoms with van der Waals surface area (Å²) >= 11 is 0. The number of nitrogens with zero attached hydrogens (tertiary/aromatic N) is 1. The largest absolute Gasteiger partial charge is 0.479 e. The Bertz CT molecular complexity index is 538. The molecule has 0 bridgehead atoms. The summed E-state index contributed by atoms with van der Waals surface area (Å²) in [7, 11) is -0.279. The van der Waals surface area contributed by atoms with E-state index in [9.17, 15) is 14.7 Å². The highest BCUT2D eigenvalue weighted by Gasteiger charge is 2.51. The highest BCUT2D eigenvalue weighted by atomic mass is 16.7. The normalized spacial score (nSPS) is 30.5. The molecular weight excluding hydrogens is 335 g/mol. The molecule has 148 valence electrons. The number of unbranched alkanes of at least 4 members (excludes halogenated alkanes) is 1. The second-order valence-corrected chi connectivity index (χ2v) is 8.69. The fourth-order valence-corrected chi connectivity index (χ4v) is 3.97. The summed E-state index contributed by atoms with van der Waals surface area (Å²) in [5.74, 6) is -1.16. The first-order chi connectivity index (χ1) is 11.9. The van der Waals surface area contributed by atoms with Gasteiger partial charge in [0.25, 0.3) is 0 Å². The van der Waals surface area contributed by atoms with Gasteiger partial charge in [0.2, 0.25) is 5.91 Å². The molecule has 2 atom stereocenters. The molecule has 0 aromatic rings. The molecule has 2 aliphatic rings. The van der Waals surface area contributed by atoms with Crippen LogP contribution in [0.25, 0.3) is 0 Å². The molecule has 8 heteroatoms. The lowest BCUT2D eigenvalue weighted by Gasteiger charge is -2.46. The summed E-state index contributed by atoms with van der Waals surface area (Å²) in [5, 5.41) is 9.88. The maximum atomic E-state index is 12.1. The number of carbonyl (C=O) groups is 2. The number of aliphatic carboxylic acids is 1. The Morgan fingerprint density at radius 3 is 2.27 bits per heavy atom. The molecule has 2 aliphatic heterocycles. The molecule has 0 radical (unpaired) electrons. The number of nitrogens with two attached hydrogens (primary N) is 1. The Kier molecular flexibility index (Phi) is 6.10. The first kappa shape index (κ1) is 21.2. The van der Waals surface area contributed by atoms with E-state index in [4.69, 9.17) is 15.0 Å². The fourth-order valence-electron chi connectivity index (χ4n) is 3.97. The van der Waals surface area contributed by atoms with Crippen molar-refractivity contribution in [2.75, 3.05) is 6.54 Å². The minimum absolute atomic E-state index is 0.190. The van der Waals surface area contributed by atoms with E-state index >= 15 is 0 Å². The van der Waals surface area contributed by atoms with E-state index in [0.717, 1.165) is 6.42 Å². The maximum absolute atomic E-state index is 12.1. The third kappa shape index (κ3) is 4.07. The van der Waals surface area contributed by atoms with Crippen LogP contribution >= 0.6 is 0 Å². The van der Waals surface area contributed by atoms with Crippen LogP contribution in [0.15, 0.2) is 0 Å². The zero-order valence-electron chi connectivity index (χ0n) is 16.7. The van der Waals surface area contributed by atoms with E-state index < -0.39 is 11.5 Å². The number of carboxylic acid groups (broad SMARTS) is 1. The number of rotatable bonds is 6. The maximum Gasteiger partial charge on any atom is 0.457 e. The zero-order valence-corrected chi connectivity index (χ0v) is 16.7. The zero-order chi connectivity index (χ0) is 19.8. The van der Waals surface area contributed by atoms with Crippen molar-refractivity contribution in [3.63, 3.8) is 0 Å². The van der Waals surface area contributed by atoms with Crippen molar-refractivity contribution in [1.82, 2.24) is 4.90 Å². The lowest BCUT2D eigenvalue weighted by Crippen LogP contribution is -2.62. The molecule has 2 heterocycles. The Balaban J connectivity index is 1.95. The number of piperidine rings is 1. The minimum Gasteiger partial charge on any atom is -0.479 e. The summed E-state index contributed by atoms with van der Waals surface area (Å²) in [6.45, 7) is 9.89. The SMILES string of the molecule is CC(=O)N1CC[C@@H](N)C[C@@]1(CCCCB1OC(C)(C)C(C)(C)O1)C(=O)O. The van der Waals surface area contributed by atoms with Gasteiger partial charge >= 0.3 is 13.1 Å². The van der Waals surface area contributed by atoms with Crippen LogP contribution in [0.5, 0.6) is 0 Å². The van der Waals surface area contributed by atoms with Gasteiger partial charge in [-0.3, -0.25) is 4.79 Å². The molecule has 1 amide bonds. The van der Waals surface area contributed by atoms with Gasteiger partial charge in [-0.1, -0.05) is 12.8 Å². The standard InChI is InChI=1S/C18H33BN2O5/c1-13(22)21-11-8-14(20)12-18(21,15(23)24)9-6-7-10-19-25-16(2,3)17(4,5)26-19/h14H,6-12,20H2,1-5H3,(H,23,24)/t14-,18+/m1/s1. The van der Waals surface area contributed by atoms with Gasteiger partial charge in [0.05, 0.1) is 11.2 Å². The quantitative estimate of drug-likeness (QED) is 0.550. The van der Waals surface area contributed by atoms with Gasteiger partial charge in [-0.15, -0.1) is 0 Å². The Hall–Kier alpha value is -1.12. The number of hydrogen-bond donors (Lipinski definition) is 2. The Morgan fingerprint density at radius 1 is 1.19 bits per heavy atom. The predicted molar refractivity (Wildman–Crippen MR) is 99.7 cm³/mol. The van der Waals surface area contributed by atoms with E-state index in [1.54, 1.807) is 0 Å². The van der Waals surface area contributed by atoms with E-state index in [2.05, 4.69) is 0 Å². The van der Waals surface area contributed by atoms with Crippen LogP contribution < -0.4 is 5.73 Å². The van der Waals surface area contributed by atoms with Crippen LogP contribution in [0.4, 0.5) is 0 Å². The van der Waals surface area contributed by atoms with Gasteiger partial charge in [-0.05, 0) is 53.3 Å². The van der Waals surface area contributed by atoms with E-state index in [1.807, 2.05) is 27.7 Å². The molecule has 7 nitrogen and oxygen atoms in total. The number of carbonyl (C=O) groups excluding carboxylic acids is 1. The topological polar surface area (TPSA) is 102 Å². The van der Waals surface area contributed by atoms with Gasteiger partial charge in [-0.2, -0.15) is 0 Å².